The van der Waals surface area contributed by atoms with Gasteiger partial charge in [-0.1, -0.05) is 42.1 Å². The van der Waals surface area contributed by atoms with Crippen molar-refractivity contribution in [2.24, 2.45) is 0 Å². The molecule has 0 aliphatic heterocycles. The number of thioether (sulfide) groups is 1. The normalized spacial score (nSPS) is 10.7. The van der Waals surface area contributed by atoms with Crippen molar-refractivity contribution in [1.29, 1.82) is 0 Å². The highest BCUT2D eigenvalue weighted by molar-refractivity contribution is 7.99. The second kappa shape index (κ2) is 9.50. The van der Waals surface area contributed by atoms with Crippen molar-refractivity contribution in [3.63, 3.8) is 0 Å². The molecule has 0 radical (unpaired) electrons. The molecule has 0 amide bonds. The van der Waals surface area contributed by atoms with Crippen LogP contribution in [0, 0.1) is 6.92 Å². The Morgan fingerprint density at radius 1 is 0.957 bits per heavy atom. The van der Waals surface area contributed by atoms with Crippen LogP contribution in [0.15, 0.2) is 35.5 Å². The summed E-state index contributed by atoms with van der Waals surface area (Å²) in [5.41, 5.74) is 2.88. The molecule has 0 aliphatic rings. The summed E-state index contributed by atoms with van der Waals surface area (Å²) in [6.45, 7) is 3.62. The van der Waals surface area contributed by atoms with E-state index in [1.54, 1.807) is 26.0 Å². The second-order valence-electron chi connectivity index (χ2n) is 4.83. The van der Waals surface area contributed by atoms with Crippen molar-refractivity contribution in [3.05, 3.63) is 35.9 Å². The number of benzene rings is 1. The highest BCUT2D eigenvalue weighted by Crippen LogP contribution is 2.29. The van der Waals surface area contributed by atoms with E-state index < -0.39 is 0 Å². The van der Waals surface area contributed by atoms with Gasteiger partial charge in [-0.05, 0) is 6.92 Å². The summed E-state index contributed by atoms with van der Waals surface area (Å²) in [4.78, 5) is 9.21. The van der Waals surface area contributed by atoms with Crippen LogP contribution in [0.3, 0.4) is 0 Å². The molecule has 0 spiro atoms. The predicted octanol–water partition coefficient (Wildman–Crippen LogP) is 3.22. The van der Waals surface area contributed by atoms with Crippen LogP contribution >= 0.6 is 11.8 Å². The van der Waals surface area contributed by atoms with Crippen LogP contribution in [-0.4, -0.2) is 49.8 Å². The first-order chi connectivity index (χ1) is 11.3. The summed E-state index contributed by atoms with van der Waals surface area (Å²) >= 11 is 1.56. The van der Waals surface area contributed by atoms with Gasteiger partial charge in [-0.25, -0.2) is 4.98 Å². The first kappa shape index (κ1) is 17.7. The van der Waals surface area contributed by atoms with Gasteiger partial charge in [-0.3, -0.25) is 0 Å². The molecule has 1 aromatic heterocycles. The SMILES string of the molecule is COCCOc1nc(SCCOC)nc(-c2ccccc2)c1C. The molecule has 0 aliphatic carbocycles. The quantitative estimate of drug-likeness (QED) is 0.399. The maximum atomic E-state index is 5.77. The van der Waals surface area contributed by atoms with Crippen LogP contribution in [-0.2, 0) is 9.47 Å². The number of nitrogens with zero attached hydrogens (tertiary/aromatic N) is 2. The van der Waals surface area contributed by atoms with Gasteiger partial charge < -0.3 is 14.2 Å². The Kier molecular flexibility index (Phi) is 7.32. The molecule has 5 nitrogen and oxygen atoms in total. The maximum absolute atomic E-state index is 5.77. The molecule has 6 heteroatoms. The number of methoxy groups -OCH3 is 2. The average Bonchev–Trinajstić information content (AvgIpc) is 2.58. The van der Waals surface area contributed by atoms with Gasteiger partial charge in [0.05, 0.1) is 18.9 Å². The minimum atomic E-state index is 0.463. The van der Waals surface area contributed by atoms with Crippen LogP contribution in [0.5, 0.6) is 5.88 Å². The van der Waals surface area contributed by atoms with Gasteiger partial charge in [0.2, 0.25) is 5.88 Å². The van der Waals surface area contributed by atoms with E-state index in [4.69, 9.17) is 14.2 Å². The average molecular weight is 334 g/mol. The van der Waals surface area contributed by atoms with E-state index in [0.717, 1.165) is 22.6 Å². The smallest absolute Gasteiger partial charge is 0.221 e. The first-order valence-corrected chi connectivity index (χ1v) is 8.42. The van der Waals surface area contributed by atoms with Gasteiger partial charge in [-0.2, -0.15) is 4.98 Å². The lowest BCUT2D eigenvalue weighted by molar-refractivity contribution is 0.143. The highest BCUT2D eigenvalue weighted by Gasteiger charge is 2.14. The molecule has 0 N–H and O–H groups in total. The predicted molar refractivity (Wildman–Crippen MR) is 92.2 cm³/mol. The second-order valence-corrected chi connectivity index (χ2v) is 5.90. The van der Waals surface area contributed by atoms with Crippen molar-refractivity contribution in [1.82, 2.24) is 9.97 Å². The molecular weight excluding hydrogens is 312 g/mol. The third-order valence-corrected chi connectivity index (χ3v) is 3.98. The molecular formula is C17H22N2O3S. The van der Waals surface area contributed by atoms with Crippen molar-refractivity contribution in [2.75, 3.05) is 39.8 Å². The lowest BCUT2D eigenvalue weighted by Gasteiger charge is -2.13. The van der Waals surface area contributed by atoms with Crippen molar-refractivity contribution in [3.8, 4) is 17.1 Å². The zero-order chi connectivity index (χ0) is 16.5. The van der Waals surface area contributed by atoms with Crippen LogP contribution in [0.2, 0.25) is 0 Å². The van der Waals surface area contributed by atoms with E-state index in [-0.39, 0.29) is 0 Å². The molecule has 2 aromatic rings. The zero-order valence-corrected chi connectivity index (χ0v) is 14.6. The van der Waals surface area contributed by atoms with E-state index in [2.05, 4.69) is 9.97 Å². The van der Waals surface area contributed by atoms with Crippen LogP contribution in [0.1, 0.15) is 5.56 Å². The standard InChI is InChI=1S/C17H22N2O3S/c1-13-15(14-7-5-4-6-8-14)18-17(23-12-11-21-3)19-16(13)22-10-9-20-2/h4-8H,9-12H2,1-3H3. The Morgan fingerprint density at radius 3 is 2.39 bits per heavy atom. The van der Waals surface area contributed by atoms with Gasteiger partial charge >= 0.3 is 0 Å². The van der Waals surface area contributed by atoms with E-state index in [9.17, 15) is 0 Å². The summed E-state index contributed by atoms with van der Waals surface area (Å²) in [5, 5.41) is 0.693. The number of hydrogen-bond acceptors (Lipinski definition) is 6. The molecule has 23 heavy (non-hydrogen) atoms. The van der Waals surface area contributed by atoms with E-state index >= 15 is 0 Å². The Morgan fingerprint density at radius 2 is 1.70 bits per heavy atom. The summed E-state index contributed by atoms with van der Waals surface area (Å²) in [7, 11) is 3.34. The Bertz CT molecular complexity index is 608. The molecule has 0 unspecified atom stereocenters. The van der Waals surface area contributed by atoms with Crippen molar-refractivity contribution in [2.45, 2.75) is 12.1 Å². The fourth-order valence-corrected chi connectivity index (χ4v) is 2.73. The summed E-state index contributed by atoms with van der Waals surface area (Å²) in [6.07, 6.45) is 0. The van der Waals surface area contributed by atoms with Gasteiger partial charge in [0, 0.05) is 31.1 Å². The van der Waals surface area contributed by atoms with Gasteiger partial charge in [0.25, 0.3) is 0 Å². The summed E-state index contributed by atoms with van der Waals surface area (Å²) in [6, 6.07) is 10.1. The minimum absolute atomic E-state index is 0.463. The molecule has 0 bridgehead atoms. The molecule has 0 fully saturated rings. The van der Waals surface area contributed by atoms with E-state index in [1.807, 2.05) is 37.3 Å². The minimum Gasteiger partial charge on any atom is -0.475 e. The summed E-state index contributed by atoms with van der Waals surface area (Å²) in [5.74, 6) is 1.40. The number of aromatic nitrogens is 2. The lowest BCUT2D eigenvalue weighted by Crippen LogP contribution is -2.08. The topological polar surface area (TPSA) is 53.5 Å². The third kappa shape index (κ3) is 5.20. The molecule has 0 saturated carbocycles. The lowest BCUT2D eigenvalue weighted by atomic mass is 10.1. The molecule has 1 aromatic carbocycles. The van der Waals surface area contributed by atoms with E-state index in [1.165, 1.54) is 0 Å². The maximum Gasteiger partial charge on any atom is 0.221 e. The van der Waals surface area contributed by atoms with Crippen molar-refractivity contribution >= 4 is 11.8 Å². The number of ether oxygens (including phenoxy) is 3. The molecule has 1 heterocycles. The Balaban J connectivity index is 2.30. The number of rotatable bonds is 9. The van der Waals surface area contributed by atoms with Crippen molar-refractivity contribution < 1.29 is 14.2 Å². The zero-order valence-electron chi connectivity index (χ0n) is 13.7. The first-order valence-electron chi connectivity index (χ1n) is 7.43. The largest absolute Gasteiger partial charge is 0.475 e. The molecule has 0 atom stereocenters. The monoisotopic (exact) mass is 334 g/mol. The van der Waals surface area contributed by atoms with Gasteiger partial charge in [-0.15, -0.1) is 0 Å². The fourth-order valence-electron chi connectivity index (χ4n) is 2.00. The molecule has 0 saturated heterocycles. The molecule has 2 rings (SSSR count). The highest BCUT2D eigenvalue weighted by atomic mass is 32.2. The summed E-state index contributed by atoms with van der Waals surface area (Å²) < 4.78 is 15.9. The van der Waals surface area contributed by atoms with Crippen LogP contribution in [0.4, 0.5) is 0 Å². The Hall–Kier alpha value is -1.63. The van der Waals surface area contributed by atoms with E-state index in [0.29, 0.717) is 30.9 Å². The third-order valence-electron chi connectivity index (χ3n) is 3.17. The van der Waals surface area contributed by atoms with Gasteiger partial charge in [0.15, 0.2) is 5.16 Å². The van der Waals surface area contributed by atoms with Crippen LogP contribution in [0.25, 0.3) is 11.3 Å². The fraction of sp³-hybridized carbons (Fsp3) is 0.412. The van der Waals surface area contributed by atoms with Gasteiger partial charge in [0.1, 0.15) is 6.61 Å². The Labute approximate surface area is 141 Å². The molecule has 124 valence electrons. The van der Waals surface area contributed by atoms with Crippen LogP contribution < -0.4 is 4.74 Å². The number of hydrogen-bond donors (Lipinski definition) is 0.